The molecule has 0 spiro atoms. The van der Waals surface area contributed by atoms with E-state index in [1.807, 2.05) is 0 Å². The Morgan fingerprint density at radius 1 is 1.06 bits per heavy atom. The molecular weight excluding hydrogens is 248 g/mol. The zero-order valence-electron chi connectivity index (χ0n) is 8.58. The minimum absolute atomic E-state index is 0.351. The largest absolute Gasteiger partial charge is 0.392 e. The first kappa shape index (κ1) is 9.78. The average molecular weight is 256 g/mol. The van der Waals surface area contributed by atoms with Crippen LogP contribution in [0.4, 0.5) is 0 Å². The van der Waals surface area contributed by atoms with Crippen molar-refractivity contribution in [3.05, 3.63) is 12.2 Å². The lowest BCUT2D eigenvalue weighted by Crippen LogP contribution is -2.50. The smallest absolute Gasteiger partial charge is 0.325 e. The Kier molecular flexibility index (Phi) is 1.34. The van der Waals surface area contributed by atoms with E-state index in [0.717, 1.165) is 0 Å². The van der Waals surface area contributed by atoms with Crippen LogP contribution >= 0.6 is 0 Å². The Morgan fingerprint density at radius 2 is 1.53 bits per heavy atom. The fraction of sp³-hybridized carbons (Fsp3) is 0.600. The molecule has 2 bridgehead atoms. The summed E-state index contributed by atoms with van der Waals surface area (Å²) < 4.78 is 33.8. The van der Waals surface area contributed by atoms with E-state index < -0.39 is 44.8 Å². The number of ether oxygens (including phenoxy) is 2. The Hall–Kier alpha value is -1.21. The Balaban J connectivity index is 2.08. The van der Waals surface area contributed by atoms with Gasteiger partial charge in [0.2, 0.25) is 0 Å². The van der Waals surface area contributed by atoms with Gasteiger partial charge in [0.05, 0.1) is 23.7 Å². The van der Waals surface area contributed by atoms with Gasteiger partial charge in [0.25, 0.3) is 0 Å². The first-order valence-electron chi connectivity index (χ1n) is 5.23. The zero-order chi connectivity index (χ0) is 12.1. The van der Waals surface area contributed by atoms with Crippen LogP contribution in [0.2, 0.25) is 0 Å². The van der Waals surface area contributed by atoms with Gasteiger partial charge in [-0.3, -0.25) is 9.59 Å². The minimum atomic E-state index is -3.42. The van der Waals surface area contributed by atoms with E-state index in [4.69, 9.17) is 4.74 Å². The summed E-state index contributed by atoms with van der Waals surface area (Å²) in [6.07, 6.45) is 2.01. The SMILES string of the molecule is O=C1OC(=O)[C@@]23CS(=O)(=O)CC12C1C=CC3O1. The Bertz CT molecular complexity index is 560. The summed E-state index contributed by atoms with van der Waals surface area (Å²) in [5.41, 5.74) is -2.66. The molecule has 4 heterocycles. The Labute approximate surface area is 96.5 Å². The number of hydrogen-bond donors (Lipinski definition) is 0. The second kappa shape index (κ2) is 2.32. The highest BCUT2D eigenvalue weighted by molar-refractivity contribution is 7.91. The molecule has 0 aliphatic carbocycles. The van der Waals surface area contributed by atoms with Gasteiger partial charge in [-0.2, -0.15) is 0 Å². The van der Waals surface area contributed by atoms with Gasteiger partial charge in [-0.05, 0) is 0 Å². The monoisotopic (exact) mass is 256 g/mol. The van der Waals surface area contributed by atoms with E-state index in [-0.39, 0.29) is 11.5 Å². The third-order valence-electron chi connectivity index (χ3n) is 4.33. The van der Waals surface area contributed by atoms with Crippen LogP contribution in [0.25, 0.3) is 0 Å². The molecule has 4 atom stereocenters. The van der Waals surface area contributed by atoms with Gasteiger partial charge < -0.3 is 9.47 Å². The molecule has 0 amide bonds. The lowest BCUT2D eigenvalue weighted by molar-refractivity contribution is -0.159. The van der Waals surface area contributed by atoms with Crippen molar-refractivity contribution in [2.75, 3.05) is 11.5 Å². The predicted octanol–water partition coefficient (Wildman–Crippen LogP) is -1.19. The molecule has 3 saturated heterocycles. The molecule has 0 N–H and O–H groups in total. The van der Waals surface area contributed by atoms with Crippen LogP contribution < -0.4 is 0 Å². The molecule has 17 heavy (non-hydrogen) atoms. The van der Waals surface area contributed by atoms with E-state index >= 15 is 0 Å². The molecule has 90 valence electrons. The molecule has 7 heteroatoms. The normalized spacial score (nSPS) is 52.7. The molecule has 0 aromatic heterocycles. The number of cyclic esters (lactones) is 2. The number of esters is 2. The van der Waals surface area contributed by atoms with E-state index in [2.05, 4.69) is 4.74 Å². The second-order valence-electron chi connectivity index (χ2n) is 5.01. The van der Waals surface area contributed by atoms with Gasteiger partial charge in [0.15, 0.2) is 9.84 Å². The van der Waals surface area contributed by atoms with Crippen molar-refractivity contribution < 1.29 is 27.5 Å². The predicted molar refractivity (Wildman–Crippen MR) is 52.4 cm³/mol. The first-order chi connectivity index (χ1) is 7.92. The fourth-order valence-electron chi connectivity index (χ4n) is 3.67. The second-order valence-corrected chi connectivity index (χ2v) is 7.08. The maximum absolute atomic E-state index is 11.9. The number of carbonyl (C=O) groups is 2. The zero-order valence-corrected chi connectivity index (χ0v) is 9.40. The van der Waals surface area contributed by atoms with Crippen LogP contribution in [0.1, 0.15) is 0 Å². The van der Waals surface area contributed by atoms with Crippen LogP contribution in [0, 0.1) is 10.8 Å². The number of fused-ring (bicyclic) bond motifs is 2. The molecule has 0 aromatic carbocycles. The molecule has 0 aromatic rings. The molecule has 6 nitrogen and oxygen atoms in total. The minimum Gasteiger partial charge on any atom is -0.392 e. The van der Waals surface area contributed by atoms with Gasteiger partial charge >= 0.3 is 11.9 Å². The summed E-state index contributed by atoms with van der Waals surface area (Å²) in [6, 6.07) is 0. The van der Waals surface area contributed by atoms with E-state index in [9.17, 15) is 18.0 Å². The van der Waals surface area contributed by atoms with Crippen LogP contribution in [0.5, 0.6) is 0 Å². The van der Waals surface area contributed by atoms with Crippen LogP contribution in [0.3, 0.4) is 0 Å². The van der Waals surface area contributed by atoms with E-state index in [0.29, 0.717) is 0 Å². The average Bonchev–Trinajstić information content (AvgIpc) is 2.86. The Morgan fingerprint density at radius 3 is 2.00 bits per heavy atom. The van der Waals surface area contributed by atoms with Crippen molar-refractivity contribution in [1.82, 2.24) is 0 Å². The van der Waals surface area contributed by atoms with Gasteiger partial charge in [0, 0.05) is 0 Å². The molecule has 4 aliphatic heterocycles. The van der Waals surface area contributed by atoms with Crippen LogP contribution in [-0.2, 0) is 28.9 Å². The van der Waals surface area contributed by atoms with Gasteiger partial charge in [0.1, 0.15) is 10.8 Å². The van der Waals surface area contributed by atoms with Crippen molar-refractivity contribution in [2.45, 2.75) is 12.2 Å². The fourth-order valence-corrected chi connectivity index (χ4v) is 6.24. The van der Waals surface area contributed by atoms with Gasteiger partial charge in [-0.1, -0.05) is 12.2 Å². The number of carbonyl (C=O) groups excluding carboxylic acids is 2. The molecular formula is C10H8O6S. The van der Waals surface area contributed by atoms with E-state index in [1.54, 1.807) is 12.2 Å². The van der Waals surface area contributed by atoms with Crippen molar-refractivity contribution in [1.29, 1.82) is 0 Å². The summed E-state index contributed by atoms with van der Waals surface area (Å²) in [5, 5.41) is 0. The summed E-state index contributed by atoms with van der Waals surface area (Å²) in [7, 11) is -3.42. The highest BCUT2D eigenvalue weighted by atomic mass is 32.2. The van der Waals surface area contributed by atoms with Gasteiger partial charge in [-0.25, -0.2) is 8.42 Å². The van der Waals surface area contributed by atoms with Crippen LogP contribution in [-0.4, -0.2) is 44.1 Å². The lowest BCUT2D eigenvalue weighted by atomic mass is 9.61. The van der Waals surface area contributed by atoms with Gasteiger partial charge in [-0.15, -0.1) is 0 Å². The van der Waals surface area contributed by atoms with Crippen molar-refractivity contribution in [2.24, 2.45) is 10.8 Å². The molecule has 0 radical (unpaired) electrons. The number of sulfone groups is 1. The lowest BCUT2D eigenvalue weighted by Gasteiger charge is -2.29. The quantitative estimate of drug-likeness (QED) is 0.307. The van der Waals surface area contributed by atoms with Crippen molar-refractivity contribution in [3.63, 3.8) is 0 Å². The highest BCUT2D eigenvalue weighted by Crippen LogP contribution is 2.65. The maximum atomic E-state index is 11.9. The molecule has 3 fully saturated rings. The maximum Gasteiger partial charge on any atom is 0.325 e. The molecule has 4 aliphatic rings. The standard InChI is InChI=1S/C10H8O6S/c11-7-9-3-17(13,14)4-10(9,8(12)16-7)6-2-1-5(9)15-6/h1-2,5-6H,3-4H2/t5?,6?,9-,10?/m0/s1. The topological polar surface area (TPSA) is 86.7 Å². The van der Waals surface area contributed by atoms with Crippen LogP contribution in [0.15, 0.2) is 12.2 Å². The van der Waals surface area contributed by atoms with Crippen molar-refractivity contribution >= 4 is 21.8 Å². The molecule has 0 saturated carbocycles. The summed E-state index contributed by atoms with van der Waals surface area (Å²) in [6.45, 7) is 0. The van der Waals surface area contributed by atoms with E-state index in [1.165, 1.54) is 0 Å². The third kappa shape index (κ3) is 0.750. The number of rotatable bonds is 0. The molecule has 3 unspecified atom stereocenters. The highest BCUT2D eigenvalue weighted by Gasteiger charge is 2.84. The number of hydrogen-bond acceptors (Lipinski definition) is 6. The first-order valence-corrected chi connectivity index (χ1v) is 7.05. The summed E-state index contributed by atoms with van der Waals surface area (Å²) in [4.78, 5) is 23.8. The molecule has 4 rings (SSSR count). The summed E-state index contributed by atoms with van der Waals surface area (Å²) >= 11 is 0. The third-order valence-corrected chi connectivity index (χ3v) is 6.12. The van der Waals surface area contributed by atoms with Crippen molar-refractivity contribution in [3.8, 4) is 0 Å². The summed E-state index contributed by atoms with van der Waals surface area (Å²) in [5.74, 6) is -2.20.